The largest absolute Gasteiger partial charge is 0.478 e. The maximum Gasteiger partial charge on any atom is 0.328 e. The van der Waals surface area contributed by atoms with Gasteiger partial charge in [-0.15, -0.1) is 0 Å². The Hall–Kier alpha value is -2.49. The Kier molecular flexibility index (Phi) is 3.71. The molecule has 2 nitrogen and oxygen atoms in total. The van der Waals surface area contributed by atoms with Gasteiger partial charge in [-0.05, 0) is 35.4 Å². The molecule has 0 aromatic heterocycles. The van der Waals surface area contributed by atoms with Crippen molar-refractivity contribution in [3.63, 3.8) is 0 Å². The number of hydrogen-bond donors (Lipinski definition) is 1. The van der Waals surface area contributed by atoms with Gasteiger partial charge in [-0.1, -0.05) is 24.3 Å². The van der Waals surface area contributed by atoms with E-state index >= 15 is 0 Å². The third-order valence-electron chi connectivity index (χ3n) is 2.58. The maximum absolute atomic E-state index is 13.7. The summed E-state index contributed by atoms with van der Waals surface area (Å²) in [7, 11) is 0. The molecule has 0 spiro atoms. The Labute approximate surface area is 108 Å². The van der Waals surface area contributed by atoms with Crippen LogP contribution in [-0.2, 0) is 4.79 Å². The summed E-state index contributed by atoms with van der Waals surface area (Å²) in [5.74, 6) is -2.16. The molecule has 2 rings (SSSR count). The van der Waals surface area contributed by atoms with E-state index in [0.717, 1.165) is 12.2 Å². The average molecular weight is 260 g/mol. The van der Waals surface area contributed by atoms with E-state index in [-0.39, 0.29) is 5.56 Å². The molecule has 0 fully saturated rings. The van der Waals surface area contributed by atoms with E-state index in [0.29, 0.717) is 11.1 Å². The van der Waals surface area contributed by atoms with Gasteiger partial charge in [0.05, 0.1) is 0 Å². The Morgan fingerprint density at radius 1 is 1.11 bits per heavy atom. The summed E-state index contributed by atoms with van der Waals surface area (Å²) in [6.07, 6.45) is 2.01. The number of hydrogen-bond acceptors (Lipinski definition) is 1. The zero-order valence-electron chi connectivity index (χ0n) is 9.81. The minimum atomic E-state index is -1.17. The Bertz CT molecular complexity index is 648. The number of rotatable bonds is 3. The fraction of sp³-hybridized carbons (Fsp3) is 0. The minimum Gasteiger partial charge on any atom is -0.478 e. The molecule has 0 amide bonds. The van der Waals surface area contributed by atoms with E-state index in [9.17, 15) is 13.6 Å². The summed E-state index contributed by atoms with van der Waals surface area (Å²) in [5, 5.41) is 8.60. The van der Waals surface area contributed by atoms with Crippen molar-refractivity contribution in [2.45, 2.75) is 0 Å². The lowest BCUT2D eigenvalue weighted by Gasteiger charge is -2.07. The fourth-order valence-corrected chi connectivity index (χ4v) is 1.77. The molecule has 2 aromatic carbocycles. The van der Waals surface area contributed by atoms with Gasteiger partial charge in [0.1, 0.15) is 11.6 Å². The van der Waals surface area contributed by atoms with E-state index in [4.69, 9.17) is 5.11 Å². The first kappa shape index (κ1) is 13.0. The molecule has 19 heavy (non-hydrogen) atoms. The molecular formula is C15H10F2O2. The van der Waals surface area contributed by atoms with Crippen LogP contribution in [0.5, 0.6) is 0 Å². The molecule has 2 aromatic rings. The van der Waals surface area contributed by atoms with E-state index in [1.165, 1.54) is 30.3 Å². The zero-order chi connectivity index (χ0) is 13.8. The second-order valence-electron chi connectivity index (χ2n) is 3.88. The van der Waals surface area contributed by atoms with Crippen LogP contribution in [-0.4, -0.2) is 11.1 Å². The van der Waals surface area contributed by atoms with Crippen molar-refractivity contribution >= 4 is 12.0 Å². The Balaban J connectivity index is 2.57. The van der Waals surface area contributed by atoms with E-state index < -0.39 is 17.6 Å². The predicted octanol–water partition coefficient (Wildman–Crippen LogP) is 3.73. The standard InChI is InChI=1S/C15H10F2O2/c16-11-4-1-3-10(9-11)12-5-2-6-14(17)13(12)7-8-15(18)19/h1-9H,(H,18,19). The van der Waals surface area contributed by atoms with Gasteiger partial charge >= 0.3 is 5.97 Å². The highest BCUT2D eigenvalue weighted by molar-refractivity contribution is 5.88. The van der Waals surface area contributed by atoms with Gasteiger partial charge in [0, 0.05) is 11.6 Å². The monoisotopic (exact) mass is 260 g/mol. The second-order valence-corrected chi connectivity index (χ2v) is 3.88. The lowest BCUT2D eigenvalue weighted by molar-refractivity contribution is -0.131. The molecule has 0 saturated heterocycles. The number of benzene rings is 2. The Morgan fingerprint density at radius 3 is 2.53 bits per heavy atom. The van der Waals surface area contributed by atoms with Crippen LogP contribution in [0.1, 0.15) is 5.56 Å². The molecular weight excluding hydrogens is 250 g/mol. The number of carboxylic acid groups (broad SMARTS) is 1. The van der Waals surface area contributed by atoms with Crippen molar-refractivity contribution < 1.29 is 18.7 Å². The van der Waals surface area contributed by atoms with Crippen molar-refractivity contribution in [3.05, 3.63) is 65.7 Å². The molecule has 0 aliphatic carbocycles. The molecule has 0 radical (unpaired) electrons. The van der Waals surface area contributed by atoms with Crippen LogP contribution in [0.15, 0.2) is 48.5 Å². The van der Waals surface area contributed by atoms with Crippen molar-refractivity contribution in [2.75, 3.05) is 0 Å². The van der Waals surface area contributed by atoms with Crippen LogP contribution in [0.25, 0.3) is 17.2 Å². The summed E-state index contributed by atoms with van der Waals surface area (Å²) in [4.78, 5) is 10.5. The van der Waals surface area contributed by atoms with Gasteiger partial charge in [-0.3, -0.25) is 0 Å². The Morgan fingerprint density at radius 2 is 1.84 bits per heavy atom. The highest BCUT2D eigenvalue weighted by Gasteiger charge is 2.08. The van der Waals surface area contributed by atoms with Crippen LogP contribution < -0.4 is 0 Å². The summed E-state index contributed by atoms with van der Waals surface area (Å²) in [6, 6.07) is 10.0. The molecule has 1 N–H and O–H groups in total. The quantitative estimate of drug-likeness (QED) is 0.854. The van der Waals surface area contributed by atoms with Gasteiger partial charge in [0.25, 0.3) is 0 Å². The first-order valence-electron chi connectivity index (χ1n) is 5.53. The molecule has 0 bridgehead atoms. The molecule has 0 aliphatic rings. The van der Waals surface area contributed by atoms with Gasteiger partial charge in [0.2, 0.25) is 0 Å². The smallest absolute Gasteiger partial charge is 0.328 e. The summed E-state index contributed by atoms with van der Waals surface area (Å²) >= 11 is 0. The lowest BCUT2D eigenvalue weighted by atomic mass is 9.99. The van der Waals surface area contributed by atoms with Crippen LogP contribution in [0.2, 0.25) is 0 Å². The van der Waals surface area contributed by atoms with Crippen LogP contribution in [0.4, 0.5) is 8.78 Å². The molecule has 0 aliphatic heterocycles. The van der Waals surface area contributed by atoms with Gasteiger partial charge in [0.15, 0.2) is 0 Å². The first-order chi connectivity index (χ1) is 9.08. The molecule has 0 atom stereocenters. The summed E-state index contributed by atoms with van der Waals surface area (Å²) < 4.78 is 26.9. The molecule has 96 valence electrons. The van der Waals surface area contributed by atoms with Crippen molar-refractivity contribution in [3.8, 4) is 11.1 Å². The fourth-order valence-electron chi connectivity index (χ4n) is 1.77. The summed E-state index contributed by atoms with van der Waals surface area (Å²) in [5.41, 5.74) is 1.05. The van der Waals surface area contributed by atoms with Crippen LogP contribution in [0, 0.1) is 11.6 Å². The maximum atomic E-state index is 13.7. The summed E-state index contributed by atoms with van der Waals surface area (Å²) in [6.45, 7) is 0. The molecule has 0 heterocycles. The van der Waals surface area contributed by atoms with E-state index in [1.54, 1.807) is 12.1 Å². The lowest BCUT2D eigenvalue weighted by Crippen LogP contribution is -1.91. The highest BCUT2D eigenvalue weighted by atomic mass is 19.1. The number of aliphatic carboxylic acids is 1. The third kappa shape index (κ3) is 3.04. The molecule has 0 unspecified atom stereocenters. The normalized spacial score (nSPS) is 10.8. The SMILES string of the molecule is O=C(O)C=Cc1c(F)cccc1-c1cccc(F)c1. The topological polar surface area (TPSA) is 37.3 Å². The number of halogens is 2. The highest BCUT2D eigenvalue weighted by Crippen LogP contribution is 2.27. The number of carbonyl (C=O) groups is 1. The van der Waals surface area contributed by atoms with Gasteiger partial charge < -0.3 is 5.11 Å². The predicted molar refractivity (Wildman–Crippen MR) is 68.5 cm³/mol. The second kappa shape index (κ2) is 5.44. The molecule has 0 saturated carbocycles. The van der Waals surface area contributed by atoms with Gasteiger partial charge in [-0.2, -0.15) is 0 Å². The zero-order valence-corrected chi connectivity index (χ0v) is 9.81. The van der Waals surface area contributed by atoms with Crippen LogP contribution in [0.3, 0.4) is 0 Å². The number of carboxylic acids is 1. The van der Waals surface area contributed by atoms with Crippen LogP contribution >= 0.6 is 0 Å². The minimum absolute atomic E-state index is 0.121. The van der Waals surface area contributed by atoms with Crippen molar-refractivity contribution in [2.24, 2.45) is 0 Å². The van der Waals surface area contributed by atoms with E-state index in [1.807, 2.05) is 0 Å². The van der Waals surface area contributed by atoms with Crippen molar-refractivity contribution in [1.82, 2.24) is 0 Å². The third-order valence-corrected chi connectivity index (χ3v) is 2.58. The van der Waals surface area contributed by atoms with E-state index in [2.05, 4.69) is 0 Å². The molecule has 4 heteroatoms. The van der Waals surface area contributed by atoms with Gasteiger partial charge in [-0.25, -0.2) is 13.6 Å². The van der Waals surface area contributed by atoms with Crippen molar-refractivity contribution in [1.29, 1.82) is 0 Å². The first-order valence-corrected chi connectivity index (χ1v) is 5.53. The average Bonchev–Trinajstić information content (AvgIpc) is 2.37.